The summed E-state index contributed by atoms with van der Waals surface area (Å²) in [4.78, 5) is 36.5. The number of carbonyl (C=O) groups excluding carboxylic acids is 2. The number of aromatic nitrogens is 1. The number of rotatable bonds is 2. The predicted molar refractivity (Wildman–Crippen MR) is 131 cm³/mol. The zero-order valence-electron chi connectivity index (χ0n) is 21.2. The summed E-state index contributed by atoms with van der Waals surface area (Å²) in [6.45, 7) is 8.52. The van der Waals surface area contributed by atoms with Gasteiger partial charge in [-0.05, 0) is 58.4 Å². The second kappa shape index (κ2) is 10.2. The van der Waals surface area contributed by atoms with Crippen molar-refractivity contribution in [3.8, 4) is 6.07 Å². The van der Waals surface area contributed by atoms with Gasteiger partial charge < -0.3 is 19.3 Å². The standard InChI is InChI=1S/C26H30F3N4O4/c1-16-13-33(20-8-7-19(26(27,28)29)22-18(20)6-5-10-30-22)15-21(36-16)23(34)31-12-17-9-11-32(14-17)24(35)37-25(2,3)4/h5-8,10,16-17,21H,9,11,13-15H2,1-4H3/q+1/t16-,17?,21-/m1/s1. The van der Waals surface area contributed by atoms with E-state index >= 15 is 0 Å². The van der Waals surface area contributed by atoms with Crippen molar-refractivity contribution in [1.82, 2.24) is 9.88 Å². The monoisotopic (exact) mass is 519 g/mol. The maximum Gasteiger partial charge on any atom is 0.545 e. The summed E-state index contributed by atoms with van der Waals surface area (Å²) in [5, 5.41) is 0.348. The molecule has 0 N–H and O–H groups in total. The molecule has 2 amide bonds. The lowest BCUT2D eigenvalue weighted by Gasteiger charge is -2.35. The number of benzene rings is 1. The van der Waals surface area contributed by atoms with Gasteiger partial charge in [-0.1, -0.05) is 0 Å². The molecule has 198 valence electrons. The Morgan fingerprint density at radius 2 is 1.92 bits per heavy atom. The Kier molecular flexibility index (Phi) is 7.33. The van der Waals surface area contributed by atoms with Crippen molar-refractivity contribution in [2.45, 2.75) is 58.1 Å². The van der Waals surface area contributed by atoms with Crippen LogP contribution in [-0.2, 0) is 20.4 Å². The molecule has 0 aliphatic carbocycles. The molecule has 2 saturated heterocycles. The number of alkyl halides is 3. The molecule has 1 aromatic heterocycles. The average Bonchev–Trinajstić information content (AvgIpc) is 3.29. The molecule has 0 saturated carbocycles. The van der Waals surface area contributed by atoms with Crippen LogP contribution in [0.1, 0.15) is 39.7 Å². The molecule has 2 aromatic rings. The summed E-state index contributed by atoms with van der Waals surface area (Å²) < 4.78 is 51.7. The minimum absolute atomic E-state index is 0.123. The molecule has 2 aliphatic rings. The molecule has 0 radical (unpaired) electrons. The van der Waals surface area contributed by atoms with E-state index in [-0.39, 0.29) is 24.1 Å². The predicted octanol–water partition coefficient (Wildman–Crippen LogP) is 4.96. The van der Waals surface area contributed by atoms with Gasteiger partial charge in [-0.2, -0.15) is 18.0 Å². The molecular weight excluding hydrogens is 489 g/mol. The SMILES string of the molecule is C[C@@H]1CN(c2ccc(C(F)(F)F)c3ncccc23)C[C@H](C(=O)[N+]#CC2CCN(C(=O)OC(C)(C)C)C2)O1. The van der Waals surface area contributed by atoms with Gasteiger partial charge in [-0.15, -0.1) is 0 Å². The minimum Gasteiger partial charge on any atom is -0.444 e. The Hall–Kier alpha value is -3.39. The molecular formula is C26H30F3N4O4+. The van der Waals surface area contributed by atoms with Crippen molar-refractivity contribution >= 4 is 28.6 Å². The molecule has 4 rings (SSSR count). The van der Waals surface area contributed by atoms with Gasteiger partial charge in [0, 0.05) is 41.7 Å². The van der Waals surface area contributed by atoms with Crippen molar-refractivity contribution < 1.29 is 32.2 Å². The molecule has 1 unspecified atom stereocenters. The lowest BCUT2D eigenvalue weighted by atomic mass is 10.0. The van der Waals surface area contributed by atoms with E-state index in [0.29, 0.717) is 37.1 Å². The lowest BCUT2D eigenvalue weighted by Crippen LogP contribution is -2.49. The van der Waals surface area contributed by atoms with E-state index in [1.165, 1.54) is 12.3 Å². The van der Waals surface area contributed by atoms with E-state index in [2.05, 4.69) is 15.9 Å². The smallest absolute Gasteiger partial charge is 0.444 e. The Bertz CT molecular complexity index is 1250. The Morgan fingerprint density at radius 3 is 2.62 bits per heavy atom. The molecule has 2 aliphatic heterocycles. The van der Waals surface area contributed by atoms with Gasteiger partial charge in [0.1, 0.15) is 11.5 Å². The number of halogens is 3. The zero-order valence-corrected chi connectivity index (χ0v) is 21.2. The maximum absolute atomic E-state index is 13.5. The molecule has 37 heavy (non-hydrogen) atoms. The average molecular weight is 520 g/mol. The van der Waals surface area contributed by atoms with Crippen molar-refractivity contribution in [3.63, 3.8) is 0 Å². The molecule has 2 fully saturated rings. The Balaban J connectivity index is 1.47. The molecule has 3 atom stereocenters. The quantitative estimate of drug-likeness (QED) is 0.558. The van der Waals surface area contributed by atoms with Gasteiger partial charge in [0.15, 0.2) is 0 Å². The highest BCUT2D eigenvalue weighted by Crippen LogP contribution is 2.38. The largest absolute Gasteiger partial charge is 0.545 e. The topological polar surface area (TPSA) is 76.3 Å². The molecule has 1 aromatic carbocycles. The first-order valence-corrected chi connectivity index (χ1v) is 12.1. The number of pyridine rings is 1. The van der Waals surface area contributed by atoms with Crippen molar-refractivity contribution in [1.29, 1.82) is 0 Å². The minimum atomic E-state index is -4.54. The first kappa shape index (κ1) is 26.7. The summed E-state index contributed by atoms with van der Waals surface area (Å²) in [5.41, 5.74) is -1.01. The number of nitrogens with zero attached hydrogens (tertiary/aromatic N) is 4. The number of likely N-dealkylation sites (tertiary alicyclic amines) is 1. The maximum atomic E-state index is 13.5. The third-order valence-corrected chi connectivity index (χ3v) is 6.13. The first-order chi connectivity index (χ1) is 17.3. The fraction of sp³-hybridized carbons (Fsp3) is 0.538. The van der Waals surface area contributed by atoms with Gasteiger partial charge in [-0.3, -0.25) is 4.98 Å². The first-order valence-electron chi connectivity index (χ1n) is 12.1. The van der Waals surface area contributed by atoms with E-state index in [0.717, 1.165) is 6.07 Å². The highest BCUT2D eigenvalue weighted by Gasteiger charge is 2.39. The van der Waals surface area contributed by atoms with Crippen LogP contribution in [0.4, 0.5) is 23.7 Å². The number of carbonyl (C=O) groups is 2. The summed E-state index contributed by atoms with van der Waals surface area (Å²) in [5.74, 6) is -0.736. The highest BCUT2D eigenvalue weighted by molar-refractivity contribution is 5.95. The number of anilines is 1. The number of hydrogen-bond acceptors (Lipinski definition) is 6. The van der Waals surface area contributed by atoms with Crippen LogP contribution >= 0.6 is 0 Å². The number of hydrogen-bond donors (Lipinski definition) is 0. The van der Waals surface area contributed by atoms with Crippen LogP contribution in [0.25, 0.3) is 15.7 Å². The van der Waals surface area contributed by atoms with Crippen molar-refractivity contribution in [2.75, 3.05) is 31.1 Å². The van der Waals surface area contributed by atoms with Gasteiger partial charge in [0.2, 0.25) is 6.10 Å². The summed E-state index contributed by atoms with van der Waals surface area (Å²) in [7, 11) is 0. The number of ether oxygens (including phenoxy) is 2. The molecule has 11 heteroatoms. The zero-order chi connectivity index (χ0) is 27.0. The fourth-order valence-electron chi connectivity index (χ4n) is 4.53. The number of fused-ring (bicyclic) bond motifs is 1. The van der Waals surface area contributed by atoms with Crippen LogP contribution in [0, 0.1) is 12.0 Å². The molecule has 0 spiro atoms. The van der Waals surface area contributed by atoms with Gasteiger partial charge in [0.05, 0.1) is 23.7 Å². The Labute approximate surface area is 213 Å². The third-order valence-electron chi connectivity index (χ3n) is 6.13. The molecule has 8 nitrogen and oxygen atoms in total. The van der Waals surface area contributed by atoms with E-state index in [9.17, 15) is 22.8 Å². The van der Waals surface area contributed by atoms with Crippen LogP contribution in [0.3, 0.4) is 0 Å². The van der Waals surface area contributed by atoms with Crippen LogP contribution in [0.5, 0.6) is 0 Å². The van der Waals surface area contributed by atoms with Crippen LogP contribution in [0.2, 0.25) is 0 Å². The normalized spacial score (nSPS) is 22.5. The Morgan fingerprint density at radius 1 is 1.16 bits per heavy atom. The van der Waals surface area contributed by atoms with Gasteiger partial charge in [0.25, 0.3) is 6.07 Å². The number of amides is 2. The van der Waals surface area contributed by atoms with E-state index in [1.54, 1.807) is 44.7 Å². The van der Waals surface area contributed by atoms with Crippen molar-refractivity contribution in [3.05, 3.63) is 40.9 Å². The van der Waals surface area contributed by atoms with E-state index < -0.39 is 35.4 Å². The fourth-order valence-corrected chi connectivity index (χ4v) is 4.53. The highest BCUT2D eigenvalue weighted by atomic mass is 19.4. The van der Waals surface area contributed by atoms with Crippen LogP contribution < -0.4 is 4.90 Å². The van der Waals surface area contributed by atoms with Gasteiger partial charge in [-0.25, -0.2) is 4.79 Å². The van der Waals surface area contributed by atoms with E-state index in [4.69, 9.17) is 9.47 Å². The second-order valence-electron chi connectivity index (χ2n) is 10.4. The summed E-state index contributed by atoms with van der Waals surface area (Å²) in [6.07, 6.45) is -4.29. The third kappa shape index (κ3) is 6.31. The lowest BCUT2D eigenvalue weighted by molar-refractivity contribution is -0.136. The van der Waals surface area contributed by atoms with E-state index in [1.807, 2.05) is 4.90 Å². The van der Waals surface area contributed by atoms with Crippen molar-refractivity contribution in [2.24, 2.45) is 5.92 Å². The summed E-state index contributed by atoms with van der Waals surface area (Å²) >= 11 is 0. The molecule has 3 heterocycles. The van der Waals surface area contributed by atoms with Crippen LogP contribution in [0.15, 0.2) is 30.5 Å². The summed E-state index contributed by atoms with van der Waals surface area (Å²) in [6, 6.07) is 8.44. The second-order valence-corrected chi connectivity index (χ2v) is 10.4. The van der Waals surface area contributed by atoms with Gasteiger partial charge >= 0.3 is 18.2 Å². The number of morpholine rings is 1. The molecule has 0 bridgehead atoms. The van der Waals surface area contributed by atoms with Crippen LogP contribution in [-0.4, -0.2) is 65.9 Å².